The van der Waals surface area contributed by atoms with Gasteiger partial charge in [-0.3, -0.25) is 9.78 Å². The maximum atomic E-state index is 11.2. The number of nitrogens with zero attached hydrogens (tertiary/aromatic N) is 1. The Morgan fingerprint density at radius 3 is 3.07 bits per heavy atom. The molecule has 82 valence electrons. The third kappa shape index (κ3) is 3.58. The number of hydrogen-bond donors (Lipinski definition) is 1. The van der Waals surface area contributed by atoms with E-state index in [1.54, 1.807) is 19.4 Å². The lowest BCUT2D eigenvalue weighted by Crippen LogP contribution is -2.22. The van der Waals surface area contributed by atoms with Gasteiger partial charge in [0.1, 0.15) is 11.4 Å². The van der Waals surface area contributed by atoms with Gasteiger partial charge in [0.15, 0.2) is 0 Å². The summed E-state index contributed by atoms with van der Waals surface area (Å²) in [6.45, 7) is 2.39. The summed E-state index contributed by atoms with van der Waals surface area (Å²) in [5.74, 6) is 0.750. The lowest BCUT2D eigenvalue weighted by molar-refractivity contribution is -0.121. The molecule has 0 aliphatic rings. The van der Waals surface area contributed by atoms with E-state index >= 15 is 0 Å². The topological polar surface area (TPSA) is 51.2 Å². The number of hydrogen-bond acceptors (Lipinski definition) is 3. The fraction of sp³-hybridized carbons (Fsp3) is 0.455. The second kappa shape index (κ2) is 6.01. The van der Waals surface area contributed by atoms with E-state index < -0.39 is 0 Å². The Balaban J connectivity index is 2.53. The highest BCUT2D eigenvalue weighted by Gasteiger charge is 2.04. The Bertz CT molecular complexity index is 326. The maximum Gasteiger partial charge on any atom is 0.220 e. The first-order valence-corrected chi connectivity index (χ1v) is 5.02. The highest BCUT2D eigenvalue weighted by molar-refractivity contribution is 5.75. The molecule has 0 fully saturated rings. The number of rotatable bonds is 5. The average Bonchev–Trinajstić information content (AvgIpc) is 2.27. The normalized spacial score (nSPS) is 9.73. The quantitative estimate of drug-likeness (QED) is 0.798. The first-order valence-electron chi connectivity index (χ1n) is 5.02. The average molecular weight is 208 g/mol. The molecule has 1 aromatic rings. The van der Waals surface area contributed by atoms with Gasteiger partial charge < -0.3 is 10.1 Å². The first kappa shape index (κ1) is 11.5. The Kier molecular flexibility index (Phi) is 4.60. The van der Waals surface area contributed by atoms with Crippen molar-refractivity contribution in [3.8, 4) is 5.75 Å². The fourth-order valence-corrected chi connectivity index (χ4v) is 1.24. The molecular formula is C11H16N2O2. The van der Waals surface area contributed by atoms with E-state index in [9.17, 15) is 4.79 Å². The van der Waals surface area contributed by atoms with Crippen LogP contribution in [0.25, 0.3) is 0 Å². The lowest BCUT2D eigenvalue weighted by Gasteiger charge is -2.07. The van der Waals surface area contributed by atoms with Crippen molar-refractivity contribution in [1.29, 1.82) is 0 Å². The van der Waals surface area contributed by atoms with Crippen LogP contribution in [0.3, 0.4) is 0 Å². The van der Waals surface area contributed by atoms with Crippen molar-refractivity contribution in [2.45, 2.75) is 26.3 Å². The van der Waals surface area contributed by atoms with Gasteiger partial charge in [-0.05, 0) is 18.6 Å². The number of carbonyl (C=O) groups excluding carboxylic acids is 1. The van der Waals surface area contributed by atoms with Crippen molar-refractivity contribution in [2.75, 3.05) is 7.11 Å². The zero-order valence-electron chi connectivity index (χ0n) is 9.12. The van der Waals surface area contributed by atoms with E-state index in [0.29, 0.717) is 18.7 Å². The molecule has 0 unspecified atom stereocenters. The molecule has 0 radical (unpaired) electrons. The molecule has 1 aromatic heterocycles. The van der Waals surface area contributed by atoms with Crippen molar-refractivity contribution in [3.63, 3.8) is 0 Å². The molecule has 0 saturated heterocycles. The van der Waals surface area contributed by atoms with Crippen LogP contribution < -0.4 is 10.1 Å². The van der Waals surface area contributed by atoms with Crippen molar-refractivity contribution < 1.29 is 9.53 Å². The van der Waals surface area contributed by atoms with Crippen LogP contribution in [0.15, 0.2) is 18.3 Å². The molecule has 15 heavy (non-hydrogen) atoms. The zero-order valence-corrected chi connectivity index (χ0v) is 9.12. The third-order valence-corrected chi connectivity index (χ3v) is 2.00. The molecule has 0 atom stereocenters. The van der Waals surface area contributed by atoms with Crippen LogP contribution in [0.5, 0.6) is 5.75 Å². The number of ether oxygens (including phenoxy) is 1. The first-order chi connectivity index (χ1) is 7.27. The zero-order chi connectivity index (χ0) is 11.1. The van der Waals surface area contributed by atoms with Crippen LogP contribution in [0.2, 0.25) is 0 Å². The summed E-state index contributed by atoms with van der Waals surface area (Å²) < 4.78 is 5.12. The van der Waals surface area contributed by atoms with E-state index in [-0.39, 0.29) is 5.91 Å². The molecule has 0 bridgehead atoms. The minimum Gasteiger partial charge on any atom is -0.495 e. The van der Waals surface area contributed by atoms with E-state index in [2.05, 4.69) is 10.3 Å². The molecule has 1 rings (SSSR count). The van der Waals surface area contributed by atoms with Crippen LogP contribution in [0, 0.1) is 0 Å². The van der Waals surface area contributed by atoms with E-state index in [1.807, 2.05) is 13.0 Å². The second-order valence-corrected chi connectivity index (χ2v) is 3.18. The van der Waals surface area contributed by atoms with Crippen LogP contribution in [-0.2, 0) is 11.3 Å². The number of carbonyl (C=O) groups is 1. The Labute approximate surface area is 89.7 Å². The van der Waals surface area contributed by atoms with Gasteiger partial charge in [-0.25, -0.2) is 0 Å². The molecule has 1 heterocycles. The highest BCUT2D eigenvalue weighted by Crippen LogP contribution is 2.13. The Morgan fingerprint density at radius 2 is 2.40 bits per heavy atom. The van der Waals surface area contributed by atoms with Crippen LogP contribution >= 0.6 is 0 Å². The van der Waals surface area contributed by atoms with Gasteiger partial charge in [0.2, 0.25) is 5.91 Å². The summed E-state index contributed by atoms with van der Waals surface area (Å²) in [5.41, 5.74) is 0.754. The third-order valence-electron chi connectivity index (χ3n) is 2.00. The van der Waals surface area contributed by atoms with Gasteiger partial charge in [0.25, 0.3) is 0 Å². The summed E-state index contributed by atoms with van der Waals surface area (Å²) in [4.78, 5) is 15.4. The summed E-state index contributed by atoms with van der Waals surface area (Å²) in [5, 5.41) is 2.79. The Hall–Kier alpha value is -1.58. The molecular weight excluding hydrogens is 192 g/mol. The largest absolute Gasteiger partial charge is 0.495 e. The summed E-state index contributed by atoms with van der Waals surface area (Å²) >= 11 is 0. The van der Waals surface area contributed by atoms with Crippen molar-refractivity contribution in [1.82, 2.24) is 10.3 Å². The smallest absolute Gasteiger partial charge is 0.220 e. The monoisotopic (exact) mass is 208 g/mol. The maximum absolute atomic E-state index is 11.2. The predicted octanol–water partition coefficient (Wildman–Crippen LogP) is 1.51. The lowest BCUT2D eigenvalue weighted by atomic mass is 10.3. The standard InChI is InChI=1S/C11H16N2O2/c1-3-5-11(14)13-8-9-10(15-2)6-4-7-12-9/h4,6-7H,3,5,8H2,1-2H3,(H,13,14). The molecule has 1 N–H and O–H groups in total. The number of nitrogens with one attached hydrogen (secondary N) is 1. The number of amides is 1. The van der Waals surface area contributed by atoms with E-state index in [4.69, 9.17) is 4.74 Å². The van der Waals surface area contributed by atoms with E-state index in [1.165, 1.54) is 0 Å². The van der Waals surface area contributed by atoms with E-state index in [0.717, 1.165) is 12.1 Å². The fourth-order valence-electron chi connectivity index (χ4n) is 1.24. The van der Waals surface area contributed by atoms with Crippen LogP contribution in [0.4, 0.5) is 0 Å². The van der Waals surface area contributed by atoms with Crippen molar-refractivity contribution in [3.05, 3.63) is 24.0 Å². The van der Waals surface area contributed by atoms with Gasteiger partial charge in [-0.15, -0.1) is 0 Å². The molecule has 0 saturated carbocycles. The van der Waals surface area contributed by atoms with Gasteiger partial charge in [-0.2, -0.15) is 0 Å². The highest BCUT2D eigenvalue weighted by atomic mass is 16.5. The molecule has 0 aliphatic carbocycles. The Morgan fingerprint density at radius 1 is 1.60 bits per heavy atom. The second-order valence-electron chi connectivity index (χ2n) is 3.18. The summed E-state index contributed by atoms with van der Waals surface area (Å²) in [6.07, 6.45) is 3.09. The number of aromatic nitrogens is 1. The summed E-state index contributed by atoms with van der Waals surface area (Å²) in [7, 11) is 1.59. The van der Waals surface area contributed by atoms with Gasteiger partial charge in [-0.1, -0.05) is 6.92 Å². The van der Waals surface area contributed by atoms with Crippen molar-refractivity contribution in [2.24, 2.45) is 0 Å². The minimum absolute atomic E-state index is 0.0465. The van der Waals surface area contributed by atoms with Gasteiger partial charge in [0, 0.05) is 12.6 Å². The van der Waals surface area contributed by atoms with Gasteiger partial charge >= 0.3 is 0 Å². The molecule has 1 amide bonds. The number of pyridine rings is 1. The predicted molar refractivity (Wildman–Crippen MR) is 57.5 cm³/mol. The van der Waals surface area contributed by atoms with Gasteiger partial charge in [0.05, 0.1) is 13.7 Å². The molecule has 0 aliphatic heterocycles. The molecule has 4 heteroatoms. The van der Waals surface area contributed by atoms with Crippen molar-refractivity contribution >= 4 is 5.91 Å². The minimum atomic E-state index is 0.0465. The molecule has 0 aromatic carbocycles. The molecule has 4 nitrogen and oxygen atoms in total. The molecule has 0 spiro atoms. The van der Waals surface area contributed by atoms with Crippen LogP contribution in [-0.4, -0.2) is 18.0 Å². The van der Waals surface area contributed by atoms with Crippen LogP contribution in [0.1, 0.15) is 25.5 Å². The SMILES string of the molecule is CCCC(=O)NCc1ncccc1OC. The number of methoxy groups -OCH3 is 1. The summed E-state index contributed by atoms with van der Waals surface area (Å²) in [6, 6.07) is 3.63.